The number of hydrogen-bond donors (Lipinski definition) is 1. The number of carbonyl (C=O) groups is 1. The van der Waals surface area contributed by atoms with E-state index in [1.807, 2.05) is 49.3 Å². The number of carbonyl (C=O) groups excluding carboxylic acids is 1. The summed E-state index contributed by atoms with van der Waals surface area (Å²) in [4.78, 5) is 25.5. The molecule has 0 aliphatic rings. The minimum Gasteiger partial charge on any atom is -0.493 e. The van der Waals surface area contributed by atoms with Gasteiger partial charge in [0.05, 0.1) is 19.7 Å². The molecule has 0 unspecified atom stereocenters. The summed E-state index contributed by atoms with van der Waals surface area (Å²) >= 11 is 5.82. The quantitative estimate of drug-likeness (QED) is 0.284. The zero-order chi connectivity index (χ0) is 25.4. The van der Waals surface area contributed by atoms with Gasteiger partial charge in [-0.1, -0.05) is 25.0 Å². The maximum Gasteiger partial charge on any atom is 0.253 e. The van der Waals surface area contributed by atoms with Crippen molar-refractivity contribution in [2.45, 2.75) is 31.6 Å². The van der Waals surface area contributed by atoms with E-state index in [-0.39, 0.29) is 5.91 Å². The van der Waals surface area contributed by atoms with Crippen molar-refractivity contribution in [2.75, 3.05) is 52.0 Å². The number of nitrogens with zero attached hydrogens (tertiary/aromatic N) is 4. The first-order chi connectivity index (χ1) is 16.9. The second-order valence-electron chi connectivity index (χ2n) is 8.53. The number of ether oxygens (including phenoxy) is 2. The Balaban J connectivity index is 1.46. The molecule has 0 fully saturated rings. The summed E-state index contributed by atoms with van der Waals surface area (Å²) in [7, 11) is 6.98. The fourth-order valence-electron chi connectivity index (χ4n) is 3.85. The second kappa shape index (κ2) is 12.4. The Hall–Kier alpha value is -3.26. The average Bonchev–Trinajstić information content (AvgIpc) is 2.89. The molecule has 0 aliphatic heterocycles. The topological polar surface area (TPSA) is 93.8 Å². The van der Waals surface area contributed by atoms with Gasteiger partial charge in [0.1, 0.15) is 5.82 Å². The highest BCUT2D eigenvalue weighted by molar-refractivity contribution is 6.17. The first-order valence-electron chi connectivity index (χ1n) is 11.7. The van der Waals surface area contributed by atoms with E-state index in [1.54, 1.807) is 25.2 Å². The number of alkyl halides is 1. The van der Waals surface area contributed by atoms with Crippen molar-refractivity contribution in [1.29, 1.82) is 0 Å². The van der Waals surface area contributed by atoms with Crippen molar-refractivity contribution >= 4 is 40.2 Å². The molecule has 188 valence electrons. The van der Waals surface area contributed by atoms with E-state index >= 15 is 0 Å². The van der Waals surface area contributed by atoms with Crippen LogP contribution in [0.25, 0.3) is 10.9 Å². The van der Waals surface area contributed by atoms with E-state index in [2.05, 4.69) is 9.97 Å². The van der Waals surface area contributed by atoms with Crippen LogP contribution >= 0.6 is 11.6 Å². The molecule has 1 amide bonds. The van der Waals surface area contributed by atoms with Crippen LogP contribution < -0.4 is 20.1 Å². The summed E-state index contributed by atoms with van der Waals surface area (Å²) in [5.74, 6) is 2.65. The average molecular weight is 500 g/mol. The number of halogens is 1. The van der Waals surface area contributed by atoms with Crippen LogP contribution in [0.5, 0.6) is 11.5 Å². The van der Waals surface area contributed by atoms with Gasteiger partial charge in [-0.05, 0) is 36.6 Å². The molecule has 0 atom stereocenters. The predicted octanol–water partition coefficient (Wildman–Crippen LogP) is 4.74. The third kappa shape index (κ3) is 6.66. The molecule has 9 heteroatoms. The summed E-state index contributed by atoms with van der Waals surface area (Å²) in [5, 5.41) is 0.730. The number of amides is 1. The number of unbranched alkanes of at least 4 members (excludes halogenated alkanes) is 3. The van der Waals surface area contributed by atoms with Gasteiger partial charge < -0.3 is 25.0 Å². The molecule has 0 saturated carbocycles. The molecule has 1 aromatic heterocycles. The highest BCUT2D eigenvalue weighted by Crippen LogP contribution is 2.34. The van der Waals surface area contributed by atoms with Crippen molar-refractivity contribution in [3.63, 3.8) is 0 Å². The number of benzene rings is 2. The Bertz CT molecular complexity index is 1140. The second-order valence-corrected chi connectivity index (χ2v) is 8.79. The molecule has 0 aliphatic carbocycles. The number of anilines is 2. The summed E-state index contributed by atoms with van der Waals surface area (Å²) in [6.45, 7) is 1.53. The van der Waals surface area contributed by atoms with E-state index in [1.165, 1.54) is 0 Å². The summed E-state index contributed by atoms with van der Waals surface area (Å²) in [5.41, 5.74) is 8.61. The first-order valence-corrected chi connectivity index (χ1v) is 12.2. The molecule has 35 heavy (non-hydrogen) atoms. The monoisotopic (exact) mass is 499 g/mol. The van der Waals surface area contributed by atoms with Crippen LogP contribution in [0.2, 0.25) is 0 Å². The largest absolute Gasteiger partial charge is 0.493 e. The molecule has 0 radical (unpaired) electrons. The van der Waals surface area contributed by atoms with Gasteiger partial charge in [-0.3, -0.25) is 4.79 Å². The molecule has 8 nitrogen and oxygen atoms in total. The van der Waals surface area contributed by atoms with Crippen LogP contribution in [0.4, 0.5) is 11.8 Å². The van der Waals surface area contributed by atoms with E-state index in [4.69, 9.17) is 26.8 Å². The molecular formula is C26H34ClN5O3. The maximum absolute atomic E-state index is 12.6. The minimum absolute atomic E-state index is 0.0335. The van der Waals surface area contributed by atoms with Gasteiger partial charge in [0.25, 0.3) is 5.91 Å². The van der Waals surface area contributed by atoms with Crippen LogP contribution in [0.1, 0.15) is 41.6 Å². The lowest BCUT2D eigenvalue weighted by molar-refractivity contribution is 0.0792. The van der Waals surface area contributed by atoms with Gasteiger partial charge in [-0.15, -0.1) is 11.6 Å². The number of fused-ring (bicyclic) bond motifs is 1. The lowest BCUT2D eigenvalue weighted by Crippen LogP contribution is -2.27. The molecule has 2 aromatic carbocycles. The van der Waals surface area contributed by atoms with E-state index < -0.39 is 0 Å². The SMILES string of the molecule is COc1cc2nc(N(C)CCCCCCN(C)C(=O)c3ccc(CCl)cc3)nc(N)c2cc1OC. The van der Waals surface area contributed by atoms with E-state index in [9.17, 15) is 4.79 Å². The summed E-state index contributed by atoms with van der Waals surface area (Å²) in [6, 6.07) is 11.1. The highest BCUT2D eigenvalue weighted by atomic mass is 35.5. The lowest BCUT2D eigenvalue weighted by atomic mass is 10.1. The maximum atomic E-state index is 12.6. The van der Waals surface area contributed by atoms with Crippen molar-refractivity contribution in [1.82, 2.24) is 14.9 Å². The Morgan fingerprint density at radius 3 is 2.20 bits per heavy atom. The molecule has 3 aromatic rings. The zero-order valence-electron chi connectivity index (χ0n) is 20.9. The van der Waals surface area contributed by atoms with Crippen molar-refractivity contribution in [2.24, 2.45) is 0 Å². The van der Waals surface area contributed by atoms with Crippen molar-refractivity contribution < 1.29 is 14.3 Å². The number of nitrogens with two attached hydrogens (primary N) is 1. The molecule has 2 N–H and O–H groups in total. The normalized spacial score (nSPS) is 10.9. The zero-order valence-corrected chi connectivity index (χ0v) is 21.6. The Morgan fingerprint density at radius 1 is 0.943 bits per heavy atom. The predicted molar refractivity (Wildman–Crippen MR) is 142 cm³/mol. The number of methoxy groups -OCH3 is 2. The summed E-state index contributed by atoms with van der Waals surface area (Å²) in [6.07, 6.45) is 4.02. The first kappa shape index (κ1) is 26.3. The van der Waals surface area contributed by atoms with Crippen LogP contribution in [0, 0.1) is 0 Å². The third-order valence-electron chi connectivity index (χ3n) is 6.00. The molecule has 0 bridgehead atoms. The van der Waals surface area contributed by atoms with Crippen LogP contribution in [0.3, 0.4) is 0 Å². The van der Waals surface area contributed by atoms with Crippen LogP contribution in [-0.4, -0.2) is 62.2 Å². The standard InChI is InChI=1S/C26H34ClN5O3/c1-31(25(33)19-11-9-18(17-27)10-12-19)13-7-5-6-8-14-32(2)26-29-21-16-23(35-4)22(34-3)15-20(21)24(28)30-26/h9-12,15-16H,5-8,13-14,17H2,1-4H3,(H2,28,29,30). The number of aromatic nitrogens is 2. The van der Waals surface area contributed by atoms with E-state index in [0.29, 0.717) is 40.2 Å². The Morgan fingerprint density at radius 2 is 1.57 bits per heavy atom. The third-order valence-corrected chi connectivity index (χ3v) is 6.31. The molecule has 1 heterocycles. The van der Waals surface area contributed by atoms with Gasteiger partial charge in [0.2, 0.25) is 5.95 Å². The Kier molecular flexibility index (Phi) is 9.37. The summed E-state index contributed by atoms with van der Waals surface area (Å²) < 4.78 is 10.7. The highest BCUT2D eigenvalue weighted by Gasteiger charge is 2.14. The lowest BCUT2D eigenvalue weighted by Gasteiger charge is -2.19. The number of hydrogen-bond acceptors (Lipinski definition) is 7. The smallest absolute Gasteiger partial charge is 0.253 e. The fraction of sp³-hybridized carbons (Fsp3) is 0.423. The number of rotatable bonds is 12. The molecule has 0 saturated heterocycles. The fourth-order valence-corrected chi connectivity index (χ4v) is 4.03. The van der Waals surface area contributed by atoms with Crippen LogP contribution in [0.15, 0.2) is 36.4 Å². The van der Waals surface area contributed by atoms with Gasteiger partial charge in [-0.2, -0.15) is 4.98 Å². The van der Waals surface area contributed by atoms with E-state index in [0.717, 1.165) is 49.7 Å². The number of nitrogen functional groups attached to an aromatic ring is 1. The van der Waals surface area contributed by atoms with Crippen molar-refractivity contribution in [3.05, 3.63) is 47.5 Å². The van der Waals surface area contributed by atoms with Gasteiger partial charge in [0, 0.05) is 50.1 Å². The Labute approximate surface area is 212 Å². The molecule has 0 spiro atoms. The van der Waals surface area contributed by atoms with Gasteiger partial charge >= 0.3 is 0 Å². The molecular weight excluding hydrogens is 466 g/mol. The minimum atomic E-state index is 0.0335. The van der Waals surface area contributed by atoms with Gasteiger partial charge in [-0.25, -0.2) is 4.98 Å². The molecule has 3 rings (SSSR count). The van der Waals surface area contributed by atoms with Crippen molar-refractivity contribution in [3.8, 4) is 11.5 Å². The van der Waals surface area contributed by atoms with Crippen LogP contribution in [-0.2, 0) is 5.88 Å². The van der Waals surface area contributed by atoms with Gasteiger partial charge in [0.15, 0.2) is 11.5 Å².